The molecule has 0 unspecified atom stereocenters. The average molecular weight is 288 g/mol. The van der Waals surface area contributed by atoms with E-state index in [-0.39, 0.29) is 0 Å². The van der Waals surface area contributed by atoms with E-state index in [0.717, 1.165) is 16.8 Å². The summed E-state index contributed by atoms with van der Waals surface area (Å²) < 4.78 is 19.4. The van der Waals surface area contributed by atoms with Gasteiger partial charge in [0.1, 0.15) is 5.60 Å². The Labute approximate surface area is 121 Å². The van der Waals surface area contributed by atoms with Gasteiger partial charge in [-0.05, 0) is 55.9 Å². The summed E-state index contributed by atoms with van der Waals surface area (Å²) in [6.07, 6.45) is 1.43. The molecular formula is C15H13FN2OS. The number of hydrogen-bond acceptors (Lipinski definition) is 3. The Balaban J connectivity index is 2.15. The molecule has 0 spiro atoms. The Morgan fingerprint density at radius 1 is 1.30 bits per heavy atom. The normalized spacial score (nSPS) is 16.1. The Hall–Kier alpha value is -2.01. The van der Waals surface area contributed by atoms with Gasteiger partial charge in [-0.2, -0.15) is 4.39 Å². The fourth-order valence-corrected chi connectivity index (χ4v) is 2.66. The smallest absolute Gasteiger partial charge is 0.262 e. The molecule has 102 valence electrons. The highest BCUT2D eigenvalue weighted by Crippen LogP contribution is 2.38. The first kappa shape index (κ1) is 13.0. The fourth-order valence-electron chi connectivity index (χ4n) is 2.34. The lowest BCUT2D eigenvalue weighted by atomic mass is 9.91. The Morgan fingerprint density at radius 3 is 2.85 bits per heavy atom. The van der Waals surface area contributed by atoms with Crippen LogP contribution in [-0.2, 0) is 10.3 Å². The van der Waals surface area contributed by atoms with E-state index in [0.29, 0.717) is 10.7 Å². The number of benzene rings is 1. The van der Waals surface area contributed by atoms with Gasteiger partial charge < -0.3 is 10.1 Å². The van der Waals surface area contributed by atoms with Crippen molar-refractivity contribution in [3.8, 4) is 11.1 Å². The Kier molecular flexibility index (Phi) is 2.94. The molecule has 2 aromatic rings. The van der Waals surface area contributed by atoms with Crippen LogP contribution >= 0.6 is 12.2 Å². The Bertz CT molecular complexity index is 700. The van der Waals surface area contributed by atoms with Gasteiger partial charge in [-0.25, -0.2) is 4.98 Å². The van der Waals surface area contributed by atoms with Crippen molar-refractivity contribution in [3.05, 3.63) is 48.0 Å². The standard InChI is InChI=1S/C15H13FN2OS/c1-15(2)11-8-9(10-4-3-7-17-13(10)16)5-6-12(11)18-14(20)19-15/h3-8H,1-2H3,(H,18,20). The molecule has 0 saturated carbocycles. The van der Waals surface area contributed by atoms with Gasteiger partial charge in [-0.3, -0.25) is 0 Å². The van der Waals surface area contributed by atoms with Crippen LogP contribution in [0, 0.1) is 5.95 Å². The zero-order valence-corrected chi connectivity index (χ0v) is 11.9. The van der Waals surface area contributed by atoms with Crippen LogP contribution in [0.15, 0.2) is 36.5 Å². The van der Waals surface area contributed by atoms with Gasteiger partial charge in [0.05, 0.1) is 0 Å². The van der Waals surface area contributed by atoms with E-state index in [9.17, 15) is 4.39 Å². The molecule has 0 atom stereocenters. The number of nitrogens with zero attached hydrogens (tertiary/aromatic N) is 1. The lowest BCUT2D eigenvalue weighted by molar-refractivity contribution is 0.0947. The minimum absolute atomic E-state index is 0.350. The van der Waals surface area contributed by atoms with Crippen LogP contribution in [0.4, 0.5) is 10.1 Å². The molecule has 3 rings (SSSR count). The van der Waals surface area contributed by atoms with Gasteiger partial charge in [0.2, 0.25) is 5.95 Å². The largest absolute Gasteiger partial charge is 0.460 e. The molecule has 0 fully saturated rings. The maximum absolute atomic E-state index is 13.8. The number of anilines is 1. The second-order valence-electron chi connectivity index (χ2n) is 5.13. The fraction of sp³-hybridized carbons (Fsp3) is 0.200. The maximum atomic E-state index is 13.8. The zero-order valence-electron chi connectivity index (χ0n) is 11.1. The van der Waals surface area contributed by atoms with Crippen molar-refractivity contribution < 1.29 is 9.13 Å². The predicted molar refractivity (Wildman–Crippen MR) is 80.0 cm³/mol. The lowest BCUT2D eigenvalue weighted by Gasteiger charge is -2.34. The molecule has 1 aromatic carbocycles. The van der Waals surface area contributed by atoms with Crippen LogP contribution < -0.4 is 5.32 Å². The SMILES string of the molecule is CC1(C)OC(=S)Nc2ccc(-c3cccnc3F)cc21. The van der Waals surface area contributed by atoms with Crippen LogP contribution in [0.25, 0.3) is 11.1 Å². The van der Waals surface area contributed by atoms with Gasteiger partial charge in [0.25, 0.3) is 5.17 Å². The molecule has 1 aliphatic heterocycles. The van der Waals surface area contributed by atoms with Crippen LogP contribution in [-0.4, -0.2) is 10.2 Å². The molecule has 0 aliphatic carbocycles. The third-order valence-electron chi connectivity index (χ3n) is 3.32. The average Bonchev–Trinajstić information content (AvgIpc) is 2.38. The number of hydrogen-bond donors (Lipinski definition) is 1. The lowest BCUT2D eigenvalue weighted by Crippen LogP contribution is -2.34. The highest BCUT2D eigenvalue weighted by molar-refractivity contribution is 7.80. The molecule has 1 aliphatic rings. The molecule has 3 nitrogen and oxygen atoms in total. The second kappa shape index (κ2) is 4.52. The number of ether oxygens (including phenoxy) is 1. The molecule has 1 N–H and O–H groups in total. The van der Waals surface area contributed by atoms with Gasteiger partial charge >= 0.3 is 0 Å². The molecule has 0 amide bonds. The summed E-state index contributed by atoms with van der Waals surface area (Å²) >= 11 is 5.07. The molecule has 0 radical (unpaired) electrons. The van der Waals surface area contributed by atoms with Crippen LogP contribution in [0.5, 0.6) is 0 Å². The summed E-state index contributed by atoms with van der Waals surface area (Å²) in [6.45, 7) is 3.87. The highest BCUT2D eigenvalue weighted by Gasteiger charge is 2.31. The predicted octanol–water partition coefficient (Wildman–Crippen LogP) is 3.85. The number of pyridine rings is 1. The zero-order chi connectivity index (χ0) is 14.3. The summed E-state index contributed by atoms with van der Waals surface area (Å²) in [5.41, 5.74) is 2.51. The third-order valence-corrected chi connectivity index (χ3v) is 3.51. The van der Waals surface area contributed by atoms with Crippen molar-refractivity contribution >= 4 is 23.1 Å². The van der Waals surface area contributed by atoms with Crippen LogP contribution in [0.2, 0.25) is 0 Å². The molecule has 20 heavy (non-hydrogen) atoms. The van der Waals surface area contributed by atoms with Crippen LogP contribution in [0.1, 0.15) is 19.4 Å². The van der Waals surface area contributed by atoms with Gasteiger partial charge in [0, 0.05) is 23.0 Å². The molecule has 2 heterocycles. The third kappa shape index (κ3) is 2.14. The highest BCUT2D eigenvalue weighted by atomic mass is 32.1. The minimum Gasteiger partial charge on any atom is -0.460 e. The van der Waals surface area contributed by atoms with Crippen molar-refractivity contribution in [1.82, 2.24) is 4.98 Å². The van der Waals surface area contributed by atoms with E-state index in [1.807, 2.05) is 32.0 Å². The van der Waals surface area contributed by atoms with Crippen molar-refractivity contribution in [1.29, 1.82) is 0 Å². The number of aromatic nitrogens is 1. The first-order chi connectivity index (χ1) is 9.47. The van der Waals surface area contributed by atoms with E-state index in [1.54, 1.807) is 12.1 Å². The number of nitrogens with one attached hydrogen (secondary N) is 1. The van der Waals surface area contributed by atoms with Gasteiger partial charge in [-0.15, -0.1) is 0 Å². The number of thiocarbonyl (C=S) groups is 1. The molecule has 0 bridgehead atoms. The van der Waals surface area contributed by atoms with E-state index >= 15 is 0 Å². The number of halogens is 1. The molecular weight excluding hydrogens is 275 g/mol. The summed E-state index contributed by atoms with van der Waals surface area (Å²) in [4.78, 5) is 3.68. The van der Waals surface area contributed by atoms with Gasteiger partial charge in [-0.1, -0.05) is 6.07 Å². The minimum atomic E-state index is -0.549. The summed E-state index contributed by atoms with van der Waals surface area (Å²) in [6, 6.07) is 9.06. The maximum Gasteiger partial charge on any atom is 0.262 e. The van der Waals surface area contributed by atoms with E-state index in [2.05, 4.69) is 10.3 Å². The van der Waals surface area contributed by atoms with Crippen molar-refractivity contribution in [2.45, 2.75) is 19.4 Å². The molecule has 1 aromatic heterocycles. The summed E-state index contributed by atoms with van der Waals surface area (Å²) in [7, 11) is 0. The van der Waals surface area contributed by atoms with Crippen molar-refractivity contribution in [2.24, 2.45) is 0 Å². The first-order valence-corrected chi connectivity index (χ1v) is 6.63. The second-order valence-corrected chi connectivity index (χ2v) is 5.50. The topological polar surface area (TPSA) is 34.1 Å². The molecule has 0 saturated heterocycles. The van der Waals surface area contributed by atoms with Crippen molar-refractivity contribution in [3.63, 3.8) is 0 Å². The monoisotopic (exact) mass is 288 g/mol. The van der Waals surface area contributed by atoms with E-state index in [1.165, 1.54) is 6.20 Å². The van der Waals surface area contributed by atoms with Crippen LogP contribution in [0.3, 0.4) is 0 Å². The van der Waals surface area contributed by atoms with E-state index in [4.69, 9.17) is 17.0 Å². The summed E-state index contributed by atoms with van der Waals surface area (Å²) in [5, 5.41) is 3.36. The Morgan fingerprint density at radius 2 is 2.10 bits per heavy atom. The first-order valence-electron chi connectivity index (χ1n) is 6.23. The summed E-state index contributed by atoms with van der Waals surface area (Å²) in [5.74, 6) is -0.481. The number of fused-ring (bicyclic) bond motifs is 1. The van der Waals surface area contributed by atoms with Gasteiger partial charge in [0.15, 0.2) is 0 Å². The van der Waals surface area contributed by atoms with E-state index < -0.39 is 11.5 Å². The molecule has 5 heteroatoms. The number of rotatable bonds is 1. The van der Waals surface area contributed by atoms with Crippen molar-refractivity contribution in [2.75, 3.05) is 5.32 Å². The quantitative estimate of drug-likeness (QED) is 0.638.